The highest BCUT2D eigenvalue weighted by molar-refractivity contribution is 6.09. The van der Waals surface area contributed by atoms with E-state index in [2.05, 4.69) is 20.4 Å². The summed E-state index contributed by atoms with van der Waals surface area (Å²) in [6.45, 7) is 7.68. The summed E-state index contributed by atoms with van der Waals surface area (Å²) in [6, 6.07) is 2.87. The second-order valence-corrected chi connectivity index (χ2v) is 6.81. The van der Waals surface area contributed by atoms with Gasteiger partial charge in [-0.3, -0.25) is 9.79 Å². The molecule has 3 rings (SSSR count). The van der Waals surface area contributed by atoms with E-state index in [1.807, 2.05) is 32.3 Å². The van der Waals surface area contributed by atoms with Crippen LogP contribution in [0.1, 0.15) is 44.1 Å². The van der Waals surface area contributed by atoms with Crippen LogP contribution in [0.4, 0.5) is 10.1 Å². The minimum absolute atomic E-state index is 0.0596. The van der Waals surface area contributed by atoms with E-state index in [1.165, 1.54) is 22.8 Å². The normalized spacial score (nSPS) is 12.2. The molecule has 0 aromatic carbocycles. The van der Waals surface area contributed by atoms with Gasteiger partial charge < -0.3 is 14.6 Å². The van der Waals surface area contributed by atoms with E-state index in [9.17, 15) is 9.18 Å². The summed E-state index contributed by atoms with van der Waals surface area (Å²) in [5.41, 5.74) is 1.08. The zero-order valence-corrected chi connectivity index (χ0v) is 16.5. The van der Waals surface area contributed by atoms with Crippen LogP contribution in [0, 0.1) is 5.82 Å². The van der Waals surface area contributed by atoms with Crippen molar-refractivity contribution in [2.24, 2.45) is 4.99 Å². The number of rotatable bonds is 5. The van der Waals surface area contributed by atoms with Crippen molar-refractivity contribution in [1.82, 2.24) is 19.2 Å². The molecule has 3 aromatic rings. The average Bonchev–Trinajstić information content (AvgIpc) is 3.07. The number of ether oxygens (including phenoxy) is 1. The standard InChI is InChI=1S/C19H23FN6O2/c1-11(2)25-10-15(18(28-12(3)4)24-19(25)21-5)23-17(27)13-9-22-26-8-6-7-14(20)16(13)26/h6-12H,1-5H3,(H,23,27). The summed E-state index contributed by atoms with van der Waals surface area (Å²) in [7, 11) is 1.64. The van der Waals surface area contributed by atoms with Crippen LogP contribution in [0.3, 0.4) is 0 Å². The molecule has 3 heterocycles. The molecular formula is C19H23FN6O2. The molecule has 0 unspecified atom stereocenters. The van der Waals surface area contributed by atoms with Crippen LogP contribution in [-0.4, -0.2) is 38.2 Å². The van der Waals surface area contributed by atoms with Gasteiger partial charge in [0, 0.05) is 25.5 Å². The molecule has 0 fully saturated rings. The first-order chi connectivity index (χ1) is 13.3. The average molecular weight is 386 g/mol. The number of fused-ring (bicyclic) bond motifs is 1. The number of anilines is 1. The Morgan fingerprint density at radius 2 is 2.07 bits per heavy atom. The van der Waals surface area contributed by atoms with Gasteiger partial charge in [0.1, 0.15) is 17.0 Å². The molecular weight excluding hydrogens is 363 g/mol. The molecule has 148 valence electrons. The van der Waals surface area contributed by atoms with E-state index in [4.69, 9.17) is 4.74 Å². The topological polar surface area (TPSA) is 85.8 Å². The fourth-order valence-electron chi connectivity index (χ4n) is 2.76. The Morgan fingerprint density at radius 1 is 1.32 bits per heavy atom. The number of nitrogens with one attached hydrogen (secondary N) is 1. The van der Waals surface area contributed by atoms with E-state index in [0.29, 0.717) is 11.3 Å². The van der Waals surface area contributed by atoms with Gasteiger partial charge in [-0.25, -0.2) is 8.91 Å². The second kappa shape index (κ2) is 7.79. The number of amides is 1. The lowest BCUT2D eigenvalue weighted by molar-refractivity contribution is 0.102. The van der Waals surface area contributed by atoms with Crippen molar-refractivity contribution in [3.05, 3.63) is 47.7 Å². The summed E-state index contributed by atoms with van der Waals surface area (Å²) in [6.07, 6.45) is 4.47. The largest absolute Gasteiger partial charge is 0.473 e. The third-order valence-corrected chi connectivity index (χ3v) is 4.02. The smallest absolute Gasteiger partial charge is 0.259 e. The van der Waals surface area contributed by atoms with Crippen LogP contribution < -0.4 is 15.7 Å². The number of carbonyl (C=O) groups excluding carboxylic acids is 1. The maximum atomic E-state index is 14.2. The molecule has 0 radical (unpaired) electrons. The third kappa shape index (κ3) is 3.73. The Bertz CT molecular complexity index is 1080. The highest BCUT2D eigenvalue weighted by atomic mass is 19.1. The van der Waals surface area contributed by atoms with Crippen LogP contribution in [0.15, 0.2) is 35.7 Å². The fourth-order valence-corrected chi connectivity index (χ4v) is 2.76. The lowest BCUT2D eigenvalue weighted by atomic mass is 10.2. The summed E-state index contributed by atoms with van der Waals surface area (Å²) in [5.74, 6) is -0.788. The molecule has 1 amide bonds. The first-order valence-corrected chi connectivity index (χ1v) is 8.97. The molecule has 3 aromatic heterocycles. The van der Waals surface area contributed by atoms with Crippen molar-refractivity contribution in [1.29, 1.82) is 0 Å². The highest BCUT2D eigenvalue weighted by Gasteiger charge is 2.20. The van der Waals surface area contributed by atoms with E-state index in [1.54, 1.807) is 19.4 Å². The van der Waals surface area contributed by atoms with Crippen LogP contribution in [0.5, 0.6) is 5.88 Å². The van der Waals surface area contributed by atoms with Crippen molar-refractivity contribution < 1.29 is 13.9 Å². The van der Waals surface area contributed by atoms with Crippen LogP contribution in [0.25, 0.3) is 5.52 Å². The predicted octanol–water partition coefficient (Wildman–Crippen LogP) is 2.82. The van der Waals surface area contributed by atoms with E-state index in [0.717, 1.165) is 0 Å². The Kier molecular flexibility index (Phi) is 5.43. The fraction of sp³-hybridized carbons (Fsp3) is 0.368. The van der Waals surface area contributed by atoms with Gasteiger partial charge in [0.2, 0.25) is 11.5 Å². The summed E-state index contributed by atoms with van der Waals surface area (Å²) >= 11 is 0. The van der Waals surface area contributed by atoms with Crippen molar-refractivity contribution in [3.63, 3.8) is 0 Å². The molecule has 0 aliphatic heterocycles. The molecule has 9 heteroatoms. The second-order valence-electron chi connectivity index (χ2n) is 6.81. The maximum absolute atomic E-state index is 14.2. The molecule has 0 spiro atoms. The van der Waals surface area contributed by atoms with Gasteiger partial charge in [0.25, 0.3) is 5.91 Å². The molecule has 0 bridgehead atoms. The van der Waals surface area contributed by atoms with Gasteiger partial charge in [-0.1, -0.05) is 0 Å². The third-order valence-electron chi connectivity index (χ3n) is 4.02. The monoisotopic (exact) mass is 386 g/mol. The number of hydrogen-bond acceptors (Lipinski definition) is 5. The van der Waals surface area contributed by atoms with Gasteiger partial charge >= 0.3 is 0 Å². The van der Waals surface area contributed by atoms with Crippen LogP contribution in [0.2, 0.25) is 0 Å². The maximum Gasteiger partial charge on any atom is 0.259 e. The van der Waals surface area contributed by atoms with E-state index < -0.39 is 11.7 Å². The molecule has 0 aliphatic rings. The Labute approximate surface area is 161 Å². The molecule has 28 heavy (non-hydrogen) atoms. The molecule has 8 nitrogen and oxygen atoms in total. The number of aromatic nitrogens is 4. The molecule has 0 aliphatic carbocycles. The number of hydrogen-bond donors (Lipinski definition) is 1. The molecule has 0 saturated heterocycles. The molecule has 0 atom stereocenters. The molecule has 0 saturated carbocycles. The Morgan fingerprint density at radius 3 is 2.71 bits per heavy atom. The predicted molar refractivity (Wildman–Crippen MR) is 103 cm³/mol. The summed E-state index contributed by atoms with van der Waals surface area (Å²) in [4.78, 5) is 21.5. The lowest BCUT2D eigenvalue weighted by Crippen LogP contribution is -2.28. The first-order valence-electron chi connectivity index (χ1n) is 8.97. The first kappa shape index (κ1) is 19.5. The van der Waals surface area contributed by atoms with Crippen LogP contribution >= 0.6 is 0 Å². The minimum atomic E-state index is -0.528. The number of carbonyl (C=O) groups is 1. The van der Waals surface area contributed by atoms with Gasteiger partial charge in [-0.15, -0.1) is 0 Å². The zero-order valence-electron chi connectivity index (χ0n) is 16.5. The highest BCUT2D eigenvalue weighted by Crippen LogP contribution is 2.24. The number of halogens is 1. The van der Waals surface area contributed by atoms with E-state index >= 15 is 0 Å². The van der Waals surface area contributed by atoms with E-state index in [-0.39, 0.29) is 29.1 Å². The Balaban J connectivity index is 2.06. The molecule has 1 N–H and O–H groups in total. The number of nitrogens with zero attached hydrogens (tertiary/aromatic N) is 5. The summed E-state index contributed by atoms with van der Waals surface area (Å²) < 4.78 is 23.1. The van der Waals surface area contributed by atoms with Gasteiger partial charge in [-0.2, -0.15) is 10.1 Å². The van der Waals surface area contributed by atoms with Gasteiger partial charge in [0.15, 0.2) is 0 Å². The zero-order chi connectivity index (χ0) is 20.4. The summed E-state index contributed by atoms with van der Waals surface area (Å²) in [5, 5.41) is 6.81. The Hall–Kier alpha value is -3.23. The quantitative estimate of drug-likeness (QED) is 0.731. The van der Waals surface area contributed by atoms with Crippen molar-refractivity contribution in [2.75, 3.05) is 12.4 Å². The minimum Gasteiger partial charge on any atom is -0.473 e. The lowest BCUT2D eigenvalue weighted by Gasteiger charge is -2.18. The SMILES string of the molecule is CN=c1nc(OC(C)C)c(NC(=O)c2cnn3cccc(F)c23)cn1C(C)C. The van der Waals surface area contributed by atoms with Gasteiger partial charge in [0.05, 0.1) is 17.9 Å². The van der Waals surface area contributed by atoms with Gasteiger partial charge in [-0.05, 0) is 39.8 Å². The van der Waals surface area contributed by atoms with Crippen molar-refractivity contribution in [2.45, 2.75) is 39.8 Å². The number of pyridine rings is 1. The van der Waals surface area contributed by atoms with Crippen molar-refractivity contribution >= 4 is 17.1 Å². The van der Waals surface area contributed by atoms with Crippen LogP contribution in [-0.2, 0) is 0 Å². The van der Waals surface area contributed by atoms with Crippen molar-refractivity contribution in [3.8, 4) is 5.88 Å².